The van der Waals surface area contributed by atoms with Crippen LogP contribution in [0.5, 0.6) is 0 Å². The lowest BCUT2D eigenvalue weighted by Crippen LogP contribution is -2.15. The highest BCUT2D eigenvalue weighted by Crippen LogP contribution is 2.36. The van der Waals surface area contributed by atoms with Gasteiger partial charge in [0.1, 0.15) is 10.6 Å². The van der Waals surface area contributed by atoms with E-state index in [4.69, 9.17) is 16.3 Å². The standard InChI is InChI=1S/C22H19BrClNO3S/c1-2-28-22(27)20-18(15-6-8-16(23)9-7-15)13-29-21(20)25-19(26)12-5-14-3-10-17(24)11-4-14/h3-4,6-11,13H,2,5,12H2,1H3,(H,25,26). The maximum Gasteiger partial charge on any atom is 0.341 e. The average Bonchev–Trinajstić information content (AvgIpc) is 3.12. The zero-order valence-electron chi connectivity index (χ0n) is 15.7. The number of halogens is 2. The first kappa shape index (κ1) is 21.6. The van der Waals surface area contributed by atoms with E-state index < -0.39 is 5.97 Å². The molecule has 0 aliphatic heterocycles. The number of anilines is 1. The molecule has 0 bridgehead atoms. The van der Waals surface area contributed by atoms with Gasteiger partial charge >= 0.3 is 5.97 Å². The van der Waals surface area contributed by atoms with Crippen molar-refractivity contribution in [3.63, 3.8) is 0 Å². The Balaban J connectivity index is 1.78. The third-order valence-electron chi connectivity index (χ3n) is 4.23. The van der Waals surface area contributed by atoms with Gasteiger partial charge in [-0.15, -0.1) is 11.3 Å². The molecule has 29 heavy (non-hydrogen) atoms. The number of esters is 1. The van der Waals surface area contributed by atoms with Gasteiger partial charge in [-0.25, -0.2) is 4.79 Å². The Bertz CT molecular complexity index is 1000. The molecule has 1 heterocycles. The summed E-state index contributed by atoms with van der Waals surface area (Å²) in [4.78, 5) is 25.1. The molecule has 1 N–H and O–H groups in total. The SMILES string of the molecule is CCOC(=O)c1c(-c2ccc(Br)cc2)csc1NC(=O)CCc1ccc(Cl)cc1. The maximum absolute atomic E-state index is 12.6. The molecule has 0 saturated heterocycles. The highest BCUT2D eigenvalue weighted by Gasteiger charge is 2.22. The first-order chi connectivity index (χ1) is 14.0. The Morgan fingerprint density at radius 1 is 1.10 bits per heavy atom. The second kappa shape index (κ2) is 10.1. The summed E-state index contributed by atoms with van der Waals surface area (Å²) in [6.45, 7) is 2.02. The van der Waals surface area contributed by atoms with Crippen LogP contribution < -0.4 is 5.32 Å². The van der Waals surface area contributed by atoms with Gasteiger partial charge in [0.2, 0.25) is 5.91 Å². The van der Waals surface area contributed by atoms with Crippen LogP contribution in [0.25, 0.3) is 11.1 Å². The predicted octanol–water partition coefficient (Wildman–Crippen LogP) is 6.58. The van der Waals surface area contributed by atoms with Gasteiger partial charge in [0.15, 0.2) is 0 Å². The van der Waals surface area contributed by atoms with E-state index in [1.165, 1.54) is 11.3 Å². The molecular formula is C22H19BrClNO3S. The summed E-state index contributed by atoms with van der Waals surface area (Å²) in [6, 6.07) is 15.1. The van der Waals surface area contributed by atoms with Crippen LogP contribution in [0.15, 0.2) is 58.4 Å². The molecule has 0 fully saturated rings. The number of thiophene rings is 1. The monoisotopic (exact) mass is 491 g/mol. The number of hydrogen-bond donors (Lipinski definition) is 1. The molecule has 0 aliphatic rings. The summed E-state index contributed by atoms with van der Waals surface area (Å²) in [5.41, 5.74) is 3.04. The van der Waals surface area contributed by atoms with E-state index in [2.05, 4.69) is 21.2 Å². The molecule has 0 aliphatic carbocycles. The quantitative estimate of drug-likeness (QED) is 0.379. The molecule has 3 aromatic rings. The Morgan fingerprint density at radius 3 is 2.45 bits per heavy atom. The molecule has 1 amide bonds. The molecule has 1 aromatic heterocycles. The summed E-state index contributed by atoms with van der Waals surface area (Å²) < 4.78 is 6.18. The number of ether oxygens (including phenoxy) is 1. The number of carbonyl (C=O) groups is 2. The van der Waals surface area contributed by atoms with Crippen molar-refractivity contribution in [1.29, 1.82) is 0 Å². The zero-order chi connectivity index (χ0) is 20.8. The second-order valence-electron chi connectivity index (χ2n) is 6.26. The van der Waals surface area contributed by atoms with E-state index in [1.54, 1.807) is 19.1 Å². The van der Waals surface area contributed by atoms with Crippen LogP contribution in [-0.4, -0.2) is 18.5 Å². The van der Waals surface area contributed by atoms with E-state index in [0.717, 1.165) is 21.2 Å². The minimum absolute atomic E-state index is 0.158. The largest absolute Gasteiger partial charge is 0.462 e. The number of hydrogen-bond acceptors (Lipinski definition) is 4. The van der Waals surface area contributed by atoms with E-state index >= 15 is 0 Å². The van der Waals surface area contributed by atoms with Crippen LogP contribution in [0.3, 0.4) is 0 Å². The van der Waals surface area contributed by atoms with Gasteiger partial charge < -0.3 is 10.1 Å². The minimum atomic E-state index is -0.445. The van der Waals surface area contributed by atoms with Crippen molar-refractivity contribution < 1.29 is 14.3 Å². The van der Waals surface area contributed by atoms with Gasteiger partial charge in [0, 0.05) is 26.9 Å². The first-order valence-electron chi connectivity index (χ1n) is 9.06. The van der Waals surface area contributed by atoms with Crippen LogP contribution in [0, 0.1) is 0 Å². The van der Waals surface area contributed by atoms with E-state index in [1.807, 2.05) is 41.8 Å². The molecule has 3 rings (SSSR count). The molecule has 7 heteroatoms. The lowest BCUT2D eigenvalue weighted by atomic mass is 10.0. The van der Waals surface area contributed by atoms with E-state index in [9.17, 15) is 9.59 Å². The summed E-state index contributed by atoms with van der Waals surface area (Å²) >= 11 is 10.6. The minimum Gasteiger partial charge on any atom is -0.462 e. The summed E-state index contributed by atoms with van der Waals surface area (Å²) in [5.74, 6) is -0.602. The molecular weight excluding hydrogens is 474 g/mol. The van der Waals surface area contributed by atoms with Crippen molar-refractivity contribution >= 4 is 55.7 Å². The molecule has 0 atom stereocenters. The molecule has 4 nitrogen and oxygen atoms in total. The molecule has 150 valence electrons. The highest BCUT2D eigenvalue weighted by atomic mass is 79.9. The van der Waals surface area contributed by atoms with E-state index in [0.29, 0.717) is 28.4 Å². The first-order valence-corrected chi connectivity index (χ1v) is 11.1. The van der Waals surface area contributed by atoms with Gasteiger partial charge in [0.25, 0.3) is 0 Å². The fourth-order valence-electron chi connectivity index (χ4n) is 2.80. The van der Waals surface area contributed by atoms with Crippen LogP contribution in [0.2, 0.25) is 5.02 Å². The van der Waals surface area contributed by atoms with Crippen molar-refractivity contribution in [3.8, 4) is 11.1 Å². The lowest BCUT2D eigenvalue weighted by molar-refractivity contribution is -0.116. The summed E-state index contributed by atoms with van der Waals surface area (Å²) in [5, 5.41) is 5.91. The van der Waals surface area contributed by atoms with E-state index in [-0.39, 0.29) is 12.5 Å². The van der Waals surface area contributed by atoms with Crippen LogP contribution in [-0.2, 0) is 16.0 Å². The van der Waals surface area contributed by atoms with Gasteiger partial charge in [-0.2, -0.15) is 0 Å². The number of aryl methyl sites for hydroxylation is 1. The van der Waals surface area contributed by atoms with Gasteiger partial charge in [-0.3, -0.25) is 4.79 Å². The van der Waals surface area contributed by atoms with Crippen molar-refractivity contribution in [2.75, 3.05) is 11.9 Å². The second-order valence-corrected chi connectivity index (χ2v) is 8.49. The molecule has 2 aromatic carbocycles. The van der Waals surface area contributed by atoms with Crippen molar-refractivity contribution in [1.82, 2.24) is 0 Å². The number of nitrogens with one attached hydrogen (secondary N) is 1. The maximum atomic E-state index is 12.6. The van der Waals surface area contributed by atoms with Crippen LogP contribution in [0.1, 0.15) is 29.3 Å². The molecule has 0 radical (unpaired) electrons. The Morgan fingerprint density at radius 2 is 1.79 bits per heavy atom. The molecule has 0 unspecified atom stereocenters. The average molecular weight is 493 g/mol. The Labute approximate surface area is 187 Å². The molecule has 0 spiro atoms. The third-order valence-corrected chi connectivity index (χ3v) is 5.91. The number of rotatable bonds is 7. The Kier molecular flexibility index (Phi) is 7.47. The van der Waals surface area contributed by atoms with Crippen molar-refractivity contribution in [2.45, 2.75) is 19.8 Å². The van der Waals surface area contributed by atoms with Gasteiger partial charge in [-0.1, -0.05) is 51.8 Å². The smallest absolute Gasteiger partial charge is 0.341 e. The fourth-order valence-corrected chi connectivity index (χ4v) is 4.16. The fraction of sp³-hybridized carbons (Fsp3) is 0.182. The zero-order valence-corrected chi connectivity index (χ0v) is 18.9. The number of benzene rings is 2. The highest BCUT2D eigenvalue weighted by molar-refractivity contribution is 9.10. The van der Waals surface area contributed by atoms with Crippen LogP contribution in [0.4, 0.5) is 5.00 Å². The normalized spacial score (nSPS) is 10.6. The third kappa shape index (κ3) is 5.69. The summed E-state index contributed by atoms with van der Waals surface area (Å²) in [6.07, 6.45) is 0.887. The lowest BCUT2D eigenvalue weighted by Gasteiger charge is -2.09. The predicted molar refractivity (Wildman–Crippen MR) is 122 cm³/mol. The van der Waals surface area contributed by atoms with Crippen molar-refractivity contribution in [2.24, 2.45) is 0 Å². The molecule has 0 saturated carbocycles. The Hall–Kier alpha value is -2.15. The topological polar surface area (TPSA) is 55.4 Å². The number of amides is 1. The van der Waals surface area contributed by atoms with Crippen LogP contribution >= 0.6 is 38.9 Å². The van der Waals surface area contributed by atoms with Gasteiger partial charge in [-0.05, 0) is 48.7 Å². The number of carbonyl (C=O) groups excluding carboxylic acids is 2. The summed E-state index contributed by atoms with van der Waals surface area (Å²) in [7, 11) is 0. The van der Waals surface area contributed by atoms with Gasteiger partial charge in [0.05, 0.1) is 6.61 Å². The van der Waals surface area contributed by atoms with Crippen molar-refractivity contribution in [3.05, 3.63) is 74.5 Å².